The molecule has 4 nitrogen and oxygen atoms in total. The molecule has 29 heavy (non-hydrogen) atoms. The third-order valence-electron chi connectivity index (χ3n) is 5.12. The summed E-state index contributed by atoms with van der Waals surface area (Å²) in [6.07, 6.45) is 3.69. The summed E-state index contributed by atoms with van der Waals surface area (Å²) in [4.78, 5) is 14.7. The van der Waals surface area contributed by atoms with E-state index in [1.54, 1.807) is 24.3 Å². The number of carbonyl (C=O) groups excluding carboxylic acids is 1. The van der Waals surface area contributed by atoms with Gasteiger partial charge in [-0.2, -0.15) is 5.26 Å². The molecule has 0 spiro atoms. The molecule has 2 aromatic carbocycles. The number of amides is 1. The van der Waals surface area contributed by atoms with Crippen LogP contribution in [0, 0.1) is 11.3 Å². The smallest absolute Gasteiger partial charge is 0.266 e. The monoisotopic (exact) mass is 425 g/mol. The molecule has 0 saturated heterocycles. The number of benzene rings is 2. The zero-order valence-corrected chi connectivity index (χ0v) is 18.2. The minimum Gasteiger partial charge on any atom is -0.365 e. The van der Waals surface area contributed by atoms with Crippen LogP contribution in [0.3, 0.4) is 0 Å². The number of nitrogens with one attached hydrogen (secondary N) is 1. The van der Waals surface area contributed by atoms with Crippen LogP contribution in [-0.4, -0.2) is 18.5 Å². The van der Waals surface area contributed by atoms with Gasteiger partial charge >= 0.3 is 0 Å². The van der Waals surface area contributed by atoms with Crippen LogP contribution in [-0.2, 0) is 4.79 Å². The maximum absolute atomic E-state index is 12.6. The molecular formula is C23H21Cl2N3O. The Morgan fingerprint density at radius 3 is 2.55 bits per heavy atom. The molecule has 1 heterocycles. The number of fused-ring (bicyclic) bond motifs is 1. The molecule has 1 amide bonds. The van der Waals surface area contributed by atoms with E-state index in [1.807, 2.05) is 32.2 Å². The van der Waals surface area contributed by atoms with Crippen molar-refractivity contribution < 1.29 is 4.79 Å². The van der Waals surface area contributed by atoms with E-state index < -0.39 is 5.91 Å². The zero-order chi connectivity index (χ0) is 21.3. The van der Waals surface area contributed by atoms with Crippen molar-refractivity contribution >= 4 is 52.1 Å². The van der Waals surface area contributed by atoms with Crippen LogP contribution in [0.15, 0.2) is 48.0 Å². The number of hydrogen-bond donors (Lipinski definition) is 1. The lowest BCUT2D eigenvalue weighted by atomic mass is 9.88. The topological polar surface area (TPSA) is 56.1 Å². The summed E-state index contributed by atoms with van der Waals surface area (Å²) < 4.78 is 0. The Morgan fingerprint density at radius 2 is 1.90 bits per heavy atom. The van der Waals surface area contributed by atoms with Gasteiger partial charge in [0.1, 0.15) is 11.6 Å². The van der Waals surface area contributed by atoms with Gasteiger partial charge in [0, 0.05) is 23.3 Å². The van der Waals surface area contributed by atoms with Crippen molar-refractivity contribution in [1.82, 2.24) is 0 Å². The first kappa shape index (κ1) is 21.0. The molecule has 0 bridgehead atoms. The molecular weight excluding hydrogens is 405 g/mol. The van der Waals surface area contributed by atoms with Gasteiger partial charge in [-0.25, -0.2) is 0 Å². The molecule has 0 fully saturated rings. The van der Waals surface area contributed by atoms with Crippen LogP contribution < -0.4 is 10.2 Å². The number of anilines is 2. The standard InChI is InChI=1S/C23H21Cl2N3O/c1-14-12-23(2,3)28(4)21-11-19(25)15(10-17(14)21)9-16(13-26)22(29)27-20-8-6-5-7-18(20)24/h5-12H,1-4H3,(H,27,29)/b16-9+. The Kier molecular flexibility index (Phi) is 5.75. The van der Waals surface area contributed by atoms with Crippen molar-refractivity contribution in [3.8, 4) is 6.07 Å². The average Bonchev–Trinajstić information content (AvgIpc) is 2.66. The molecule has 6 heteroatoms. The second-order valence-electron chi connectivity index (χ2n) is 7.53. The number of nitrogens with zero attached hydrogens (tertiary/aromatic N) is 2. The highest BCUT2D eigenvalue weighted by molar-refractivity contribution is 6.34. The quantitative estimate of drug-likeness (QED) is 0.472. The normalized spacial score (nSPS) is 15.3. The highest BCUT2D eigenvalue weighted by atomic mass is 35.5. The lowest BCUT2D eigenvalue weighted by molar-refractivity contribution is -0.112. The number of halogens is 2. The van der Waals surface area contributed by atoms with Crippen LogP contribution in [0.25, 0.3) is 11.6 Å². The van der Waals surface area contributed by atoms with E-state index in [0.29, 0.717) is 21.3 Å². The Labute approximate surface area is 181 Å². The van der Waals surface area contributed by atoms with Crippen molar-refractivity contribution in [2.45, 2.75) is 26.3 Å². The fourth-order valence-electron chi connectivity index (χ4n) is 3.35. The highest BCUT2D eigenvalue weighted by Gasteiger charge is 2.29. The number of nitriles is 1. The van der Waals surface area contributed by atoms with Crippen molar-refractivity contribution in [1.29, 1.82) is 5.26 Å². The van der Waals surface area contributed by atoms with Gasteiger partial charge in [-0.1, -0.05) is 41.4 Å². The van der Waals surface area contributed by atoms with Crippen molar-refractivity contribution in [3.63, 3.8) is 0 Å². The van der Waals surface area contributed by atoms with Gasteiger partial charge in [-0.15, -0.1) is 0 Å². The summed E-state index contributed by atoms with van der Waals surface area (Å²) in [6.45, 7) is 6.31. The van der Waals surface area contributed by atoms with Crippen molar-refractivity contribution in [3.05, 3.63) is 69.2 Å². The van der Waals surface area contributed by atoms with Crippen LogP contribution >= 0.6 is 23.2 Å². The van der Waals surface area contributed by atoms with E-state index in [4.69, 9.17) is 23.2 Å². The second-order valence-corrected chi connectivity index (χ2v) is 8.35. The molecule has 3 rings (SSSR count). The first-order chi connectivity index (χ1) is 13.6. The molecule has 0 atom stereocenters. The maximum Gasteiger partial charge on any atom is 0.266 e. The number of para-hydroxylation sites is 1. The van der Waals surface area contributed by atoms with Crippen LogP contribution in [0.2, 0.25) is 10.0 Å². The van der Waals surface area contributed by atoms with Crippen LogP contribution in [0.1, 0.15) is 31.9 Å². The Hall–Kier alpha value is -2.74. The summed E-state index contributed by atoms with van der Waals surface area (Å²) in [5, 5.41) is 13.1. The molecule has 0 aromatic heterocycles. The van der Waals surface area contributed by atoms with Crippen molar-refractivity contribution in [2.24, 2.45) is 0 Å². The molecule has 2 aromatic rings. The minimum atomic E-state index is -0.542. The van der Waals surface area contributed by atoms with E-state index in [2.05, 4.69) is 30.1 Å². The van der Waals surface area contributed by atoms with Crippen LogP contribution in [0.4, 0.5) is 11.4 Å². The zero-order valence-electron chi connectivity index (χ0n) is 16.7. The second kappa shape index (κ2) is 7.94. The molecule has 1 aliphatic heterocycles. The van der Waals surface area contributed by atoms with Gasteiger partial charge in [-0.3, -0.25) is 4.79 Å². The minimum absolute atomic E-state index is 0.0575. The first-order valence-corrected chi connectivity index (χ1v) is 9.84. The van der Waals surface area contributed by atoms with E-state index >= 15 is 0 Å². The molecule has 0 saturated carbocycles. The Morgan fingerprint density at radius 1 is 1.21 bits per heavy atom. The molecule has 1 aliphatic rings. The number of rotatable bonds is 3. The highest BCUT2D eigenvalue weighted by Crippen LogP contribution is 2.40. The summed E-state index contributed by atoms with van der Waals surface area (Å²) >= 11 is 12.6. The fraction of sp³-hybridized carbons (Fsp3) is 0.217. The number of hydrogen-bond acceptors (Lipinski definition) is 3. The predicted octanol–water partition coefficient (Wildman–Crippen LogP) is 6.17. The third-order valence-corrected chi connectivity index (χ3v) is 5.78. The van der Waals surface area contributed by atoms with E-state index in [9.17, 15) is 10.1 Å². The summed E-state index contributed by atoms with van der Waals surface area (Å²) in [5.41, 5.74) is 4.01. The summed E-state index contributed by atoms with van der Waals surface area (Å²) in [7, 11) is 2.02. The molecule has 0 aliphatic carbocycles. The van der Waals surface area contributed by atoms with Gasteiger partial charge in [0.2, 0.25) is 0 Å². The predicted molar refractivity (Wildman–Crippen MR) is 121 cm³/mol. The van der Waals surface area contributed by atoms with Gasteiger partial charge in [-0.05, 0) is 62.2 Å². The van der Waals surface area contributed by atoms with Crippen LogP contribution in [0.5, 0.6) is 0 Å². The first-order valence-electron chi connectivity index (χ1n) is 9.09. The molecule has 0 radical (unpaired) electrons. The summed E-state index contributed by atoms with van der Waals surface area (Å²) in [5.74, 6) is -0.542. The Bertz CT molecular complexity index is 1090. The lowest BCUT2D eigenvalue weighted by Crippen LogP contribution is -2.42. The number of likely N-dealkylation sites (N-methyl/N-ethyl adjacent to an activating group) is 1. The largest absolute Gasteiger partial charge is 0.365 e. The SMILES string of the molecule is CC1=CC(C)(C)N(C)c2cc(Cl)c(/C=C(\C#N)C(=O)Nc3ccccc3Cl)cc21. The van der Waals surface area contributed by atoms with E-state index in [1.165, 1.54) is 6.08 Å². The van der Waals surface area contributed by atoms with Crippen molar-refractivity contribution in [2.75, 3.05) is 17.3 Å². The van der Waals surface area contributed by atoms with Gasteiger partial charge in [0.15, 0.2) is 0 Å². The molecule has 148 valence electrons. The van der Waals surface area contributed by atoms with Gasteiger partial charge in [0.25, 0.3) is 5.91 Å². The summed E-state index contributed by atoms with van der Waals surface area (Å²) in [6, 6.07) is 12.6. The third kappa shape index (κ3) is 4.17. The number of allylic oxidation sites excluding steroid dienone is 1. The average molecular weight is 426 g/mol. The lowest BCUT2D eigenvalue weighted by Gasteiger charge is -2.40. The Balaban J connectivity index is 1.99. The molecule has 1 N–H and O–H groups in total. The fourth-order valence-corrected chi connectivity index (χ4v) is 3.75. The molecule has 0 unspecified atom stereocenters. The van der Waals surface area contributed by atoms with E-state index in [0.717, 1.165) is 16.8 Å². The number of carbonyl (C=O) groups is 1. The van der Waals surface area contributed by atoms with Gasteiger partial charge < -0.3 is 10.2 Å². The van der Waals surface area contributed by atoms with E-state index in [-0.39, 0.29) is 11.1 Å². The maximum atomic E-state index is 12.6. The van der Waals surface area contributed by atoms with Gasteiger partial charge in [0.05, 0.1) is 16.2 Å².